The van der Waals surface area contributed by atoms with E-state index in [1.54, 1.807) is 0 Å². The van der Waals surface area contributed by atoms with Gasteiger partial charge in [0.1, 0.15) is 0 Å². The monoisotopic (exact) mass is 276 g/mol. The van der Waals surface area contributed by atoms with Crippen LogP contribution in [-0.4, -0.2) is 41.1 Å². The first kappa shape index (κ1) is 13.4. The average Bonchev–Trinajstić information content (AvgIpc) is 3.10. The van der Waals surface area contributed by atoms with Crippen molar-refractivity contribution in [2.45, 2.75) is 45.1 Å². The maximum Gasteiger partial charge on any atom is 0.231 e. The van der Waals surface area contributed by atoms with Crippen molar-refractivity contribution in [1.82, 2.24) is 15.0 Å². The molecule has 3 rings (SSSR count). The van der Waals surface area contributed by atoms with E-state index in [9.17, 15) is 0 Å². The second-order valence-electron chi connectivity index (χ2n) is 5.99. The maximum atomic E-state index is 4.60. The third kappa shape index (κ3) is 2.94. The molecule has 0 bridgehead atoms. The zero-order valence-electron chi connectivity index (χ0n) is 12.4. The molecule has 1 aliphatic carbocycles. The fraction of sp³-hybridized carbons (Fsp3) is 0.786. The van der Waals surface area contributed by atoms with Crippen LogP contribution < -0.4 is 15.5 Å². The van der Waals surface area contributed by atoms with Crippen molar-refractivity contribution in [3.63, 3.8) is 0 Å². The Morgan fingerprint density at radius 3 is 2.45 bits per heavy atom. The predicted octanol–water partition coefficient (Wildman–Crippen LogP) is 2.11. The molecule has 0 aromatic carbocycles. The van der Waals surface area contributed by atoms with E-state index in [-0.39, 0.29) is 0 Å². The molecule has 2 N–H and O–H groups in total. The first-order chi connectivity index (χ1) is 9.74. The molecule has 1 aromatic heterocycles. The highest BCUT2D eigenvalue weighted by Crippen LogP contribution is 2.27. The molecule has 1 saturated heterocycles. The summed E-state index contributed by atoms with van der Waals surface area (Å²) in [5.74, 6) is 2.97. The van der Waals surface area contributed by atoms with Crippen molar-refractivity contribution in [2.24, 2.45) is 5.92 Å². The standard InChI is InChI=1S/C14H24N6/c1-10-5-6-11(9-10)16-13-17-12(15-2)18-14(19-13)20-7-3-4-8-20/h10-11H,3-9H2,1-2H3,(H2,15,16,17,18,19). The molecule has 110 valence electrons. The molecule has 2 unspecified atom stereocenters. The highest BCUT2D eigenvalue weighted by atomic mass is 15.3. The van der Waals surface area contributed by atoms with Crippen molar-refractivity contribution in [2.75, 3.05) is 35.7 Å². The Morgan fingerprint density at radius 2 is 1.80 bits per heavy atom. The first-order valence-electron chi connectivity index (χ1n) is 7.70. The van der Waals surface area contributed by atoms with Crippen LogP contribution in [0.1, 0.15) is 39.0 Å². The lowest BCUT2D eigenvalue weighted by Gasteiger charge is -2.18. The van der Waals surface area contributed by atoms with Crippen LogP contribution in [0, 0.1) is 5.92 Å². The SMILES string of the molecule is CNc1nc(NC2CCC(C)C2)nc(N2CCCC2)n1. The molecule has 1 aromatic rings. The Kier molecular flexibility index (Phi) is 3.89. The summed E-state index contributed by atoms with van der Waals surface area (Å²) in [5.41, 5.74) is 0. The van der Waals surface area contributed by atoms with E-state index in [0.29, 0.717) is 17.9 Å². The Bertz CT molecular complexity index is 457. The summed E-state index contributed by atoms with van der Waals surface area (Å²) in [6, 6.07) is 0.503. The quantitative estimate of drug-likeness (QED) is 0.878. The highest BCUT2D eigenvalue weighted by Gasteiger charge is 2.23. The molecule has 6 heteroatoms. The fourth-order valence-corrected chi connectivity index (χ4v) is 3.12. The van der Waals surface area contributed by atoms with E-state index < -0.39 is 0 Å². The van der Waals surface area contributed by atoms with Gasteiger partial charge in [0.15, 0.2) is 0 Å². The molecule has 1 saturated carbocycles. The van der Waals surface area contributed by atoms with Crippen LogP contribution in [-0.2, 0) is 0 Å². The summed E-state index contributed by atoms with van der Waals surface area (Å²) in [7, 11) is 1.85. The van der Waals surface area contributed by atoms with Gasteiger partial charge in [0.25, 0.3) is 0 Å². The second-order valence-corrected chi connectivity index (χ2v) is 5.99. The summed E-state index contributed by atoms with van der Waals surface area (Å²) in [6.45, 7) is 4.41. The van der Waals surface area contributed by atoms with E-state index in [1.165, 1.54) is 32.1 Å². The second kappa shape index (κ2) is 5.81. The lowest BCUT2D eigenvalue weighted by molar-refractivity contribution is 0.601. The predicted molar refractivity (Wildman–Crippen MR) is 81.2 cm³/mol. The van der Waals surface area contributed by atoms with Gasteiger partial charge in [-0.2, -0.15) is 15.0 Å². The Labute approximate surface area is 120 Å². The van der Waals surface area contributed by atoms with E-state index in [1.807, 2.05) is 7.05 Å². The lowest BCUT2D eigenvalue weighted by Crippen LogP contribution is -2.24. The molecular weight excluding hydrogens is 252 g/mol. The van der Waals surface area contributed by atoms with Crippen molar-refractivity contribution in [3.05, 3.63) is 0 Å². The van der Waals surface area contributed by atoms with Crippen LogP contribution in [0.5, 0.6) is 0 Å². The van der Waals surface area contributed by atoms with Gasteiger partial charge in [-0.15, -0.1) is 0 Å². The van der Waals surface area contributed by atoms with Gasteiger partial charge in [-0.25, -0.2) is 0 Å². The number of nitrogens with zero attached hydrogens (tertiary/aromatic N) is 4. The van der Waals surface area contributed by atoms with Crippen molar-refractivity contribution in [3.8, 4) is 0 Å². The molecule has 0 spiro atoms. The van der Waals surface area contributed by atoms with Crippen molar-refractivity contribution >= 4 is 17.8 Å². The molecule has 1 aliphatic heterocycles. The van der Waals surface area contributed by atoms with Crippen LogP contribution in [0.15, 0.2) is 0 Å². The summed E-state index contributed by atoms with van der Waals surface area (Å²) in [4.78, 5) is 15.8. The Morgan fingerprint density at radius 1 is 1.05 bits per heavy atom. The van der Waals surface area contributed by atoms with Crippen molar-refractivity contribution in [1.29, 1.82) is 0 Å². The van der Waals surface area contributed by atoms with Gasteiger partial charge in [0, 0.05) is 26.2 Å². The average molecular weight is 276 g/mol. The van der Waals surface area contributed by atoms with E-state index in [2.05, 4.69) is 37.4 Å². The number of rotatable bonds is 4. The minimum absolute atomic E-state index is 0.503. The third-order valence-corrected chi connectivity index (χ3v) is 4.26. The highest BCUT2D eigenvalue weighted by molar-refractivity contribution is 5.44. The summed E-state index contributed by atoms with van der Waals surface area (Å²) >= 11 is 0. The molecular formula is C14H24N6. The van der Waals surface area contributed by atoms with Gasteiger partial charge < -0.3 is 15.5 Å². The maximum absolute atomic E-state index is 4.60. The summed E-state index contributed by atoms with van der Waals surface area (Å²) in [5, 5.41) is 6.52. The fourth-order valence-electron chi connectivity index (χ4n) is 3.12. The molecule has 2 atom stereocenters. The van der Waals surface area contributed by atoms with Crippen LogP contribution in [0.3, 0.4) is 0 Å². The Hall–Kier alpha value is -1.59. The topological polar surface area (TPSA) is 66.0 Å². The smallest absolute Gasteiger partial charge is 0.231 e. The van der Waals surface area contributed by atoms with Gasteiger partial charge in [0.2, 0.25) is 17.8 Å². The summed E-state index contributed by atoms with van der Waals surface area (Å²) < 4.78 is 0. The first-order valence-corrected chi connectivity index (χ1v) is 7.70. The van der Waals surface area contributed by atoms with E-state index in [4.69, 9.17) is 0 Å². The van der Waals surface area contributed by atoms with E-state index in [0.717, 1.165) is 25.0 Å². The largest absolute Gasteiger partial charge is 0.357 e. The lowest BCUT2D eigenvalue weighted by atomic mass is 10.1. The number of hydrogen-bond acceptors (Lipinski definition) is 6. The van der Waals surface area contributed by atoms with Gasteiger partial charge in [-0.1, -0.05) is 6.92 Å². The summed E-state index contributed by atoms with van der Waals surface area (Å²) in [6.07, 6.45) is 6.16. The molecule has 2 fully saturated rings. The van der Waals surface area contributed by atoms with Crippen molar-refractivity contribution < 1.29 is 0 Å². The van der Waals surface area contributed by atoms with Crippen LogP contribution >= 0.6 is 0 Å². The molecule has 2 heterocycles. The molecule has 2 aliphatic rings. The normalized spacial score (nSPS) is 26.0. The van der Waals surface area contributed by atoms with E-state index >= 15 is 0 Å². The molecule has 6 nitrogen and oxygen atoms in total. The number of nitrogens with one attached hydrogen (secondary N) is 2. The van der Waals surface area contributed by atoms with Crippen LogP contribution in [0.4, 0.5) is 17.8 Å². The number of aromatic nitrogens is 3. The Balaban J connectivity index is 1.76. The van der Waals surface area contributed by atoms with Gasteiger partial charge in [0.05, 0.1) is 0 Å². The molecule has 20 heavy (non-hydrogen) atoms. The van der Waals surface area contributed by atoms with Crippen LogP contribution in [0.2, 0.25) is 0 Å². The molecule has 0 radical (unpaired) electrons. The zero-order chi connectivity index (χ0) is 13.9. The number of anilines is 3. The minimum atomic E-state index is 0.503. The van der Waals surface area contributed by atoms with Gasteiger partial charge in [-0.05, 0) is 38.0 Å². The van der Waals surface area contributed by atoms with Crippen LogP contribution in [0.25, 0.3) is 0 Å². The van der Waals surface area contributed by atoms with Gasteiger partial charge >= 0.3 is 0 Å². The third-order valence-electron chi connectivity index (χ3n) is 4.26. The number of hydrogen-bond donors (Lipinski definition) is 2. The minimum Gasteiger partial charge on any atom is -0.357 e. The van der Waals surface area contributed by atoms with Gasteiger partial charge in [-0.3, -0.25) is 0 Å². The zero-order valence-corrected chi connectivity index (χ0v) is 12.4. The molecule has 0 amide bonds.